The maximum atomic E-state index is 13.4. The molecule has 0 aliphatic carbocycles. The van der Waals surface area contributed by atoms with Crippen LogP contribution in [-0.2, 0) is 4.74 Å². The van der Waals surface area contributed by atoms with Gasteiger partial charge in [0.25, 0.3) is 0 Å². The first-order valence-electron chi connectivity index (χ1n) is 5.38. The number of carbonyl (C=O) groups excluding carboxylic acids is 1. The second-order valence-electron chi connectivity index (χ2n) is 4.85. The zero-order valence-electron chi connectivity index (χ0n) is 10.8. The van der Waals surface area contributed by atoms with Crippen molar-refractivity contribution in [3.05, 3.63) is 29.1 Å². The first-order valence-corrected chi connectivity index (χ1v) is 8.88. The van der Waals surface area contributed by atoms with Gasteiger partial charge in [-0.2, -0.15) is 0 Å². The Kier molecular flexibility index (Phi) is 4.14. The maximum absolute atomic E-state index is 13.4. The minimum Gasteiger partial charge on any atom is -0.504 e. The summed E-state index contributed by atoms with van der Waals surface area (Å²) in [7, 11) is -0.435. The van der Waals surface area contributed by atoms with E-state index in [9.17, 15) is 14.3 Å². The Balaban J connectivity index is 3.30. The normalized spacial score (nSPS) is 10.5. The Labute approximate surface area is 107 Å². The monoisotopic (exact) mass is 266 g/mol. The van der Waals surface area contributed by atoms with Gasteiger partial charge in [-0.1, -0.05) is 25.6 Å². The van der Waals surface area contributed by atoms with Crippen LogP contribution in [0.1, 0.15) is 15.9 Å². The van der Waals surface area contributed by atoms with Crippen LogP contribution in [0.2, 0.25) is 19.6 Å². The molecular weight excluding hydrogens is 251 g/mol. The molecule has 0 spiro atoms. The average molecular weight is 266 g/mol. The number of hydrogen-bond acceptors (Lipinski definition) is 3. The van der Waals surface area contributed by atoms with Gasteiger partial charge in [0.15, 0.2) is 11.6 Å². The van der Waals surface area contributed by atoms with E-state index in [4.69, 9.17) is 0 Å². The van der Waals surface area contributed by atoms with Crippen molar-refractivity contribution in [2.24, 2.45) is 0 Å². The number of phenolic OH excluding ortho intramolecular Hbond substituents is 1. The second-order valence-corrected chi connectivity index (χ2v) is 9.60. The van der Waals surface area contributed by atoms with E-state index in [1.54, 1.807) is 0 Å². The molecule has 18 heavy (non-hydrogen) atoms. The molecule has 0 aliphatic rings. The summed E-state index contributed by atoms with van der Waals surface area (Å²) in [6, 6.07) is 2.26. The lowest BCUT2D eigenvalue weighted by molar-refractivity contribution is 0.0600. The van der Waals surface area contributed by atoms with Crippen LogP contribution in [0.5, 0.6) is 5.75 Å². The number of rotatable bonds is 1. The molecule has 3 nitrogen and oxygen atoms in total. The maximum Gasteiger partial charge on any atom is 0.337 e. The zero-order chi connectivity index (χ0) is 13.9. The fraction of sp³-hybridized carbons (Fsp3) is 0.308. The predicted octanol–water partition coefficient (Wildman–Crippen LogP) is 2.55. The molecule has 5 heteroatoms. The summed E-state index contributed by atoms with van der Waals surface area (Å²) in [4.78, 5) is 11.3. The first kappa shape index (κ1) is 14.3. The molecule has 0 aromatic heterocycles. The molecule has 0 amide bonds. The molecule has 0 saturated heterocycles. The summed E-state index contributed by atoms with van der Waals surface area (Å²) in [5.41, 5.74) is 3.14. The Bertz CT molecular complexity index is 536. The molecule has 1 rings (SSSR count). The van der Waals surface area contributed by atoms with Crippen molar-refractivity contribution < 1.29 is 19.0 Å². The van der Waals surface area contributed by atoms with E-state index < -0.39 is 25.6 Å². The Morgan fingerprint density at radius 1 is 1.39 bits per heavy atom. The fourth-order valence-electron chi connectivity index (χ4n) is 1.18. The number of aromatic hydroxyl groups is 1. The number of ether oxygens (including phenoxy) is 1. The highest BCUT2D eigenvalue weighted by atomic mass is 28.3. The van der Waals surface area contributed by atoms with E-state index in [2.05, 4.69) is 16.2 Å². The van der Waals surface area contributed by atoms with E-state index in [1.165, 1.54) is 13.2 Å². The van der Waals surface area contributed by atoms with E-state index >= 15 is 0 Å². The Hall–Kier alpha value is -1.80. The highest BCUT2D eigenvalue weighted by molar-refractivity contribution is 6.83. The molecular formula is C13H15FO3Si. The number of hydrogen-bond donors (Lipinski definition) is 1. The van der Waals surface area contributed by atoms with E-state index in [0.717, 1.165) is 6.07 Å². The fourth-order valence-corrected chi connectivity index (χ4v) is 1.69. The van der Waals surface area contributed by atoms with Gasteiger partial charge < -0.3 is 9.84 Å². The quantitative estimate of drug-likeness (QED) is 0.483. The van der Waals surface area contributed by atoms with Gasteiger partial charge in [0.05, 0.1) is 18.2 Å². The van der Waals surface area contributed by atoms with Gasteiger partial charge in [0, 0.05) is 0 Å². The molecule has 96 valence electrons. The number of halogens is 1. The molecule has 0 radical (unpaired) electrons. The van der Waals surface area contributed by atoms with Crippen LogP contribution in [0.25, 0.3) is 0 Å². The molecule has 0 atom stereocenters. The van der Waals surface area contributed by atoms with Crippen molar-refractivity contribution in [2.75, 3.05) is 7.11 Å². The second kappa shape index (κ2) is 5.23. The summed E-state index contributed by atoms with van der Waals surface area (Å²) in [6.45, 7) is 6.08. The van der Waals surface area contributed by atoms with Gasteiger partial charge in [-0.25, -0.2) is 9.18 Å². The Morgan fingerprint density at radius 2 is 2.00 bits per heavy atom. The van der Waals surface area contributed by atoms with Crippen molar-refractivity contribution in [2.45, 2.75) is 19.6 Å². The van der Waals surface area contributed by atoms with Gasteiger partial charge in [0.2, 0.25) is 0 Å². The lowest BCUT2D eigenvalue weighted by Gasteiger charge is -2.06. The smallest absolute Gasteiger partial charge is 0.337 e. The number of carbonyl (C=O) groups is 1. The highest BCUT2D eigenvalue weighted by Gasteiger charge is 2.14. The summed E-state index contributed by atoms with van der Waals surface area (Å²) < 4.78 is 17.9. The van der Waals surface area contributed by atoms with Crippen LogP contribution in [0.4, 0.5) is 4.39 Å². The van der Waals surface area contributed by atoms with E-state index in [-0.39, 0.29) is 11.1 Å². The van der Waals surface area contributed by atoms with Gasteiger partial charge in [-0.15, -0.1) is 5.54 Å². The van der Waals surface area contributed by atoms with E-state index in [0.29, 0.717) is 0 Å². The van der Waals surface area contributed by atoms with Crippen LogP contribution in [0.3, 0.4) is 0 Å². The largest absolute Gasteiger partial charge is 0.504 e. The van der Waals surface area contributed by atoms with Crippen LogP contribution >= 0.6 is 0 Å². The van der Waals surface area contributed by atoms with E-state index in [1.807, 2.05) is 19.6 Å². The molecule has 0 fully saturated rings. The minimum absolute atomic E-state index is 0.0349. The first-order chi connectivity index (χ1) is 8.24. The molecule has 0 heterocycles. The van der Waals surface area contributed by atoms with Crippen molar-refractivity contribution in [1.82, 2.24) is 0 Å². The number of phenols is 1. The number of benzene rings is 1. The molecule has 0 saturated carbocycles. The molecule has 0 bridgehead atoms. The number of methoxy groups -OCH3 is 1. The third-order valence-corrected chi connectivity index (χ3v) is 2.93. The lowest BCUT2D eigenvalue weighted by Crippen LogP contribution is -2.16. The molecule has 1 aromatic carbocycles. The molecule has 1 aromatic rings. The van der Waals surface area contributed by atoms with Crippen LogP contribution in [-0.4, -0.2) is 26.3 Å². The van der Waals surface area contributed by atoms with Gasteiger partial charge in [-0.3, -0.25) is 0 Å². The van der Waals surface area contributed by atoms with Crippen molar-refractivity contribution in [3.63, 3.8) is 0 Å². The third-order valence-electron chi connectivity index (χ3n) is 2.06. The third kappa shape index (κ3) is 3.60. The van der Waals surface area contributed by atoms with Gasteiger partial charge in [0.1, 0.15) is 8.07 Å². The summed E-state index contributed by atoms with van der Waals surface area (Å²) in [5.74, 6) is 0.654. The summed E-state index contributed by atoms with van der Waals surface area (Å²) in [6.07, 6.45) is 0. The van der Waals surface area contributed by atoms with Crippen LogP contribution in [0.15, 0.2) is 12.1 Å². The van der Waals surface area contributed by atoms with Crippen molar-refractivity contribution >= 4 is 14.0 Å². The average Bonchev–Trinajstić information content (AvgIpc) is 2.28. The van der Waals surface area contributed by atoms with Gasteiger partial charge in [-0.05, 0) is 12.1 Å². The molecule has 0 aliphatic heterocycles. The lowest BCUT2D eigenvalue weighted by atomic mass is 10.1. The summed E-state index contributed by atoms with van der Waals surface area (Å²) >= 11 is 0. The highest BCUT2D eigenvalue weighted by Crippen LogP contribution is 2.23. The van der Waals surface area contributed by atoms with Crippen molar-refractivity contribution in [3.8, 4) is 17.2 Å². The van der Waals surface area contributed by atoms with Gasteiger partial charge >= 0.3 is 5.97 Å². The van der Waals surface area contributed by atoms with Crippen molar-refractivity contribution in [1.29, 1.82) is 0 Å². The zero-order valence-corrected chi connectivity index (χ0v) is 11.8. The SMILES string of the molecule is COC(=O)c1cc(F)c(O)c(C#C[Si](C)(C)C)c1. The molecule has 0 unspecified atom stereocenters. The topological polar surface area (TPSA) is 46.5 Å². The standard InChI is InChI=1S/C13H15FO3Si/c1-17-13(16)10-7-9(5-6-18(2,3)4)12(15)11(14)8-10/h7-8,15H,1-4H3. The minimum atomic E-state index is -1.64. The van der Waals surface area contributed by atoms with Crippen LogP contribution in [0, 0.1) is 17.3 Å². The number of esters is 1. The summed E-state index contributed by atoms with van der Waals surface area (Å²) in [5, 5.41) is 9.56. The molecule has 1 N–H and O–H groups in total. The predicted molar refractivity (Wildman–Crippen MR) is 69.6 cm³/mol. The Morgan fingerprint density at radius 3 is 2.50 bits per heavy atom. The van der Waals surface area contributed by atoms with Crippen LogP contribution < -0.4 is 0 Å².